The molecular formula is C11H20N6O. The summed E-state index contributed by atoms with van der Waals surface area (Å²) >= 11 is 0. The Labute approximate surface area is 107 Å². The van der Waals surface area contributed by atoms with E-state index in [1.165, 1.54) is 12.8 Å². The fourth-order valence-corrected chi connectivity index (χ4v) is 1.71. The Kier molecular flexibility index (Phi) is 4.14. The highest BCUT2D eigenvalue weighted by atomic mass is 16.5. The Morgan fingerprint density at radius 1 is 1.33 bits per heavy atom. The molecule has 1 aliphatic rings. The van der Waals surface area contributed by atoms with Crippen LogP contribution in [0.15, 0.2) is 0 Å². The second kappa shape index (κ2) is 5.81. The number of rotatable bonds is 7. The molecule has 1 aromatic rings. The third kappa shape index (κ3) is 3.19. The number of ether oxygens (including phenoxy) is 1. The molecule has 1 fully saturated rings. The number of nitrogens with two attached hydrogens (primary N) is 1. The van der Waals surface area contributed by atoms with Gasteiger partial charge in [-0.05, 0) is 32.6 Å². The first-order valence-corrected chi connectivity index (χ1v) is 6.37. The zero-order valence-corrected chi connectivity index (χ0v) is 10.9. The van der Waals surface area contributed by atoms with Crippen LogP contribution in [0.2, 0.25) is 0 Å². The lowest BCUT2D eigenvalue weighted by molar-refractivity contribution is 0.312. The summed E-state index contributed by atoms with van der Waals surface area (Å²) in [5, 5.41) is 0. The lowest BCUT2D eigenvalue weighted by Crippen LogP contribution is -2.28. The molecule has 0 atom stereocenters. The van der Waals surface area contributed by atoms with Gasteiger partial charge in [0.05, 0.1) is 6.61 Å². The molecule has 1 aliphatic carbocycles. The zero-order chi connectivity index (χ0) is 13.0. The molecular weight excluding hydrogens is 232 g/mol. The maximum absolute atomic E-state index is 5.36. The van der Waals surface area contributed by atoms with E-state index in [1.54, 1.807) is 0 Å². The van der Waals surface area contributed by atoms with E-state index in [0.717, 1.165) is 19.0 Å². The van der Waals surface area contributed by atoms with Gasteiger partial charge in [0.1, 0.15) is 0 Å². The van der Waals surface area contributed by atoms with Gasteiger partial charge in [-0.3, -0.25) is 5.43 Å². The summed E-state index contributed by atoms with van der Waals surface area (Å²) in [4.78, 5) is 14.8. The SMILES string of the molecule is CCOc1nc(NN)nc(N(CC)CC2CC2)n1. The molecule has 18 heavy (non-hydrogen) atoms. The Morgan fingerprint density at radius 2 is 2.11 bits per heavy atom. The summed E-state index contributed by atoms with van der Waals surface area (Å²) in [7, 11) is 0. The smallest absolute Gasteiger partial charge is 0.323 e. The fourth-order valence-electron chi connectivity index (χ4n) is 1.71. The third-order valence-electron chi connectivity index (χ3n) is 2.85. The van der Waals surface area contributed by atoms with Crippen LogP contribution in [-0.2, 0) is 0 Å². The van der Waals surface area contributed by atoms with Gasteiger partial charge in [0, 0.05) is 13.1 Å². The van der Waals surface area contributed by atoms with Crippen molar-refractivity contribution in [3.05, 3.63) is 0 Å². The molecule has 0 amide bonds. The van der Waals surface area contributed by atoms with Gasteiger partial charge in [0.15, 0.2) is 0 Å². The number of aromatic nitrogens is 3. The minimum Gasteiger partial charge on any atom is -0.464 e. The maximum Gasteiger partial charge on any atom is 0.323 e. The Balaban J connectivity index is 2.19. The van der Waals surface area contributed by atoms with Gasteiger partial charge in [-0.1, -0.05) is 0 Å². The van der Waals surface area contributed by atoms with Gasteiger partial charge < -0.3 is 9.64 Å². The number of hydrazine groups is 1. The molecule has 2 rings (SSSR count). The van der Waals surface area contributed by atoms with Crippen molar-refractivity contribution >= 4 is 11.9 Å². The van der Waals surface area contributed by atoms with Gasteiger partial charge in [-0.15, -0.1) is 0 Å². The van der Waals surface area contributed by atoms with Crippen molar-refractivity contribution in [3.63, 3.8) is 0 Å². The average Bonchev–Trinajstić information content (AvgIpc) is 3.19. The van der Waals surface area contributed by atoms with Crippen LogP contribution in [0.5, 0.6) is 6.01 Å². The quantitative estimate of drug-likeness (QED) is 0.548. The summed E-state index contributed by atoms with van der Waals surface area (Å²) in [6, 6.07) is 0.310. The number of hydrogen-bond donors (Lipinski definition) is 2. The normalized spacial score (nSPS) is 14.4. The molecule has 7 heteroatoms. The molecule has 0 aliphatic heterocycles. The van der Waals surface area contributed by atoms with Crippen molar-refractivity contribution in [1.82, 2.24) is 15.0 Å². The van der Waals surface area contributed by atoms with Crippen LogP contribution in [0.3, 0.4) is 0 Å². The van der Waals surface area contributed by atoms with Crippen LogP contribution < -0.4 is 20.9 Å². The van der Waals surface area contributed by atoms with Crippen molar-refractivity contribution in [2.24, 2.45) is 11.8 Å². The molecule has 0 spiro atoms. The number of nitrogen functional groups attached to an aromatic ring is 1. The van der Waals surface area contributed by atoms with Crippen LogP contribution in [0.1, 0.15) is 26.7 Å². The minimum absolute atomic E-state index is 0.310. The molecule has 0 radical (unpaired) electrons. The Hall–Kier alpha value is -1.63. The van der Waals surface area contributed by atoms with Gasteiger partial charge in [-0.2, -0.15) is 15.0 Å². The minimum atomic E-state index is 0.310. The predicted molar refractivity (Wildman–Crippen MR) is 69.4 cm³/mol. The first kappa shape index (κ1) is 12.8. The van der Waals surface area contributed by atoms with E-state index < -0.39 is 0 Å². The van der Waals surface area contributed by atoms with E-state index >= 15 is 0 Å². The number of nitrogens with one attached hydrogen (secondary N) is 1. The molecule has 0 bridgehead atoms. The van der Waals surface area contributed by atoms with Gasteiger partial charge in [0.25, 0.3) is 0 Å². The highest BCUT2D eigenvalue weighted by Gasteiger charge is 2.25. The molecule has 1 saturated carbocycles. The van der Waals surface area contributed by atoms with Crippen LogP contribution in [0.25, 0.3) is 0 Å². The second-order valence-corrected chi connectivity index (χ2v) is 4.30. The second-order valence-electron chi connectivity index (χ2n) is 4.30. The first-order valence-electron chi connectivity index (χ1n) is 6.37. The molecule has 0 aromatic carbocycles. The fraction of sp³-hybridized carbons (Fsp3) is 0.727. The summed E-state index contributed by atoms with van der Waals surface area (Å²) in [6.45, 7) is 6.33. The van der Waals surface area contributed by atoms with Crippen LogP contribution in [0.4, 0.5) is 11.9 Å². The predicted octanol–water partition coefficient (Wildman–Crippen LogP) is 0.792. The zero-order valence-electron chi connectivity index (χ0n) is 10.9. The maximum atomic E-state index is 5.36. The largest absolute Gasteiger partial charge is 0.464 e. The van der Waals surface area contributed by atoms with Crippen molar-refractivity contribution in [3.8, 4) is 6.01 Å². The Bertz CT molecular complexity index is 395. The van der Waals surface area contributed by atoms with Crippen molar-refractivity contribution in [2.45, 2.75) is 26.7 Å². The van der Waals surface area contributed by atoms with E-state index in [0.29, 0.717) is 24.5 Å². The lowest BCUT2D eigenvalue weighted by Gasteiger charge is -2.21. The summed E-state index contributed by atoms with van der Waals surface area (Å²) in [6.07, 6.45) is 2.59. The van der Waals surface area contributed by atoms with Crippen molar-refractivity contribution < 1.29 is 4.74 Å². The molecule has 1 aromatic heterocycles. The molecule has 0 saturated heterocycles. The molecule has 3 N–H and O–H groups in total. The van der Waals surface area contributed by atoms with Gasteiger partial charge in [0.2, 0.25) is 11.9 Å². The summed E-state index contributed by atoms with van der Waals surface area (Å²) in [5.41, 5.74) is 2.45. The molecule has 7 nitrogen and oxygen atoms in total. The number of nitrogens with zero attached hydrogens (tertiary/aromatic N) is 4. The Morgan fingerprint density at radius 3 is 2.67 bits per heavy atom. The van der Waals surface area contributed by atoms with E-state index in [4.69, 9.17) is 10.6 Å². The number of anilines is 2. The summed E-state index contributed by atoms with van der Waals surface area (Å²) < 4.78 is 5.32. The molecule has 0 unspecified atom stereocenters. The highest BCUT2D eigenvalue weighted by Crippen LogP contribution is 2.30. The highest BCUT2D eigenvalue weighted by molar-refractivity contribution is 5.37. The molecule has 100 valence electrons. The van der Waals surface area contributed by atoms with E-state index in [1.807, 2.05) is 6.92 Å². The average molecular weight is 252 g/mol. The van der Waals surface area contributed by atoms with E-state index in [9.17, 15) is 0 Å². The van der Waals surface area contributed by atoms with E-state index in [-0.39, 0.29) is 0 Å². The number of hydrogen-bond acceptors (Lipinski definition) is 7. The van der Waals surface area contributed by atoms with E-state index in [2.05, 4.69) is 32.2 Å². The standard InChI is InChI=1S/C11H20N6O/c1-3-17(7-8-5-6-8)10-13-9(16-12)14-11(15-10)18-4-2/h8H,3-7,12H2,1-2H3,(H,13,14,15,16). The van der Waals surface area contributed by atoms with Crippen LogP contribution in [0, 0.1) is 5.92 Å². The monoisotopic (exact) mass is 252 g/mol. The van der Waals surface area contributed by atoms with Gasteiger partial charge in [-0.25, -0.2) is 5.84 Å². The van der Waals surface area contributed by atoms with Crippen molar-refractivity contribution in [2.75, 3.05) is 30.0 Å². The van der Waals surface area contributed by atoms with Gasteiger partial charge >= 0.3 is 6.01 Å². The third-order valence-corrected chi connectivity index (χ3v) is 2.85. The summed E-state index contributed by atoms with van der Waals surface area (Å²) in [5.74, 6) is 7.08. The van der Waals surface area contributed by atoms with Crippen LogP contribution >= 0.6 is 0 Å². The lowest BCUT2D eigenvalue weighted by atomic mass is 10.4. The van der Waals surface area contributed by atoms with Crippen LogP contribution in [-0.4, -0.2) is 34.6 Å². The van der Waals surface area contributed by atoms with Crippen molar-refractivity contribution in [1.29, 1.82) is 0 Å². The topological polar surface area (TPSA) is 89.2 Å². The molecule has 1 heterocycles. The first-order chi connectivity index (χ1) is 8.76.